The molecule has 154 valence electrons. The maximum atomic E-state index is 12.8. The molecule has 30 heavy (non-hydrogen) atoms. The average molecular weight is 617 g/mol. The van der Waals surface area contributed by atoms with Crippen molar-refractivity contribution in [1.29, 1.82) is 0 Å². The van der Waals surface area contributed by atoms with Crippen LogP contribution in [0, 0.1) is 0 Å². The molecule has 0 spiro atoms. The van der Waals surface area contributed by atoms with E-state index in [-0.39, 0.29) is 17.5 Å². The van der Waals surface area contributed by atoms with Crippen molar-refractivity contribution in [2.45, 2.75) is 18.3 Å². The average Bonchev–Trinajstić information content (AvgIpc) is 2.86. The van der Waals surface area contributed by atoms with Crippen molar-refractivity contribution in [1.82, 2.24) is 15.2 Å². The fraction of sp³-hybridized carbons (Fsp3) is 0.158. The number of hydrogen-bond acceptors (Lipinski definition) is 7. The Balaban J connectivity index is 2.04. The van der Waals surface area contributed by atoms with E-state index in [1.807, 2.05) is 30.5 Å². The number of benzene rings is 2. The number of ether oxygens (including phenoxy) is 1. The monoisotopic (exact) mass is 614 g/mol. The molecule has 4 rings (SSSR count). The first-order valence-corrected chi connectivity index (χ1v) is 12.1. The van der Waals surface area contributed by atoms with E-state index in [4.69, 9.17) is 4.74 Å². The number of thioether (sulfide) groups is 1. The first-order valence-electron chi connectivity index (χ1n) is 8.54. The van der Waals surface area contributed by atoms with Crippen molar-refractivity contribution >= 4 is 71.1 Å². The molecule has 2 aromatic carbocycles. The molecule has 7 nitrogen and oxygen atoms in total. The molecule has 0 saturated heterocycles. The standard InChI is InChI=1S/C19H13Br3N4O3S/c1-8(27)26-12-6-4-3-5-9(12)15-17(23-19(30-2)25-24-15)29-18(26)13-10(20)7-11(21)16(28)14(13)22/h3-7,18,28H,1-2H3/t18-/m1/s1. The van der Waals surface area contributed by atoms with E-state index < -0.39 is 6.23 Å². The molecule has 0 unspecified atom stereocenters. The van der Waals surface area contributed by atoms with E-state index in [2.05, 4.69) is 63.0 Å². The summed E-state index contributed by atoms with van der Waals surface area (Å²) in [5.74, 6) is -0.0139. The number of anilines is 1. The third kappa shape index (κ3) is 3.61. The number of halogens is 3. The number of phenolic OH excluding ortho intramolecular Hbond substituents is 1. The molecule has 1 aliphatic heterocycles. The van der Waals surface area contributed by atoms with Gasteiger partial charge < -0.3 is 9.84 Å². The number of nitrogens with zero attached hydrogens (tertiary/aromatic N) is 4. The lowest BCUT2D eigenvalue weighted by atomic mass is 10.1. The summed E-state index contributed by atoms with van der Waals surface area (Å²) in [6.45, 7) is 1.45. The van der Waals surface area contributed by atoms with Gasteiger partial charge in [0.2, 0.25) is 23.2 Å². The number of rotatable bonds is 2. The second-order valence-electron chi connectivity index (χ2n) is 6.25. The quantitative estimate of drug-likeness (QED) is 0.370. The number of aromatic nitrogens is 3. The summed E-state index contributed by atoms with van der Waals surface area (Å²) in [6, 6.07) is 9.03. The van der Waals surface area contributed by atoms with E-state index in [1.54, 1.807) is 6.07 Å². The summed E-state index contributed by atoms with van der Waals surface area (Å²) in [4.78, 5) is 18.8. The van der Waals surface area contributed by atoms with Crippen LogP contribution in [0.15, 0.2) is 48.9 Å². The number of fused-ring (bicyclic) bond motifs is 3. The second-order valence-corrected chi connectivity index (χ2v) is 9.52. The van der Waals surface area contributed by atoms with Crippen LogP contribution >= 0.6 is 59.6 Å². The molecule has 1 aromatic heterocycles. The highest BCUT2D eigenvalue weighted by molar-refractivity contribution is 9.11. The maximum Gasteiger partial charge on any atom is 0.247 e. The zero-order valence-electron chi connectivity index (χ0n) is 15.6. The predicted octanol–water partition coefficient (Wildman–Crippen LogP) is 5.70. The van der Waals surface area contributed by atoms with Crippen molar-refractivity contribution in [2.75, 3.05) is 11.2 Å². The van der Waals surface area contributed by atoms with Crippen LogP contribution in [0.3, 0.4) is 0 Å². The van der Waals surface area contributed by atoms with E-state index in [0.717, 1.165) is 0 Å². The number of para-hydroxylation sites is 1. The maximum absolute atomic E-state index is 12.8. The summed E-state index contributed by atoms with van der Waals surface area (Å²) in [5, 5.41) is 19.4. The summed E-state index contributed by atoms with van der Waals surface area (Å²) in [7, 11) is 0. The number of carbonyl (C=O) groups excluding carboxylic acids is 1. The molecule has 1 N–H and O–H groups in total. The van der Waals surface area contributed by atoms with Gasteiger partial charge in [0.1, 0.15) is 5.75 Å². The van der Waals surface area contributed by atoms with Crippen LogP contribution in [0.1, 0.15) is 18.7 Å². The molecular weight excluding hydrogens is 604 g/mol. The van der Waals surface area contributed by atoms with E-state index >= 15 is 0 Å². The summed E-state index contributed by atoms with van der Waals surface area (Å²) >= 11 is 11.6. The Labute approximate surface area is 201 Å². The van der Waals surface area contributed by atoms with Crippen LogP contribution in [0.25, 0.3) is 11.3 Å². The first kappa shape index (κ1) is 21.5. The van der Waals surface area contributed by atoms with Gasteiger partial charge in [-0.15, -0.1) is 10.2 Å². The fourth-order valence-electron chi connectivity index (χ4n) is 3.15. The van der Waals surface area contributed by atoms with Crippen LogP contribution in [-0.4, -0.2) is 32.5 Å². The van der Waals surface area contributed by atoms with Crippen LogP contribution in [0.2, 0.25) is 0 Å². The Bertz CT molecular complexity index is 1180. The van der Waals surface area contributed by atoms with E-state index in [9.17, 15) is 9.90 Å². The van der Waals surface area contributed by atoms with E-state index in [1.165, 1.54) is 23.6 Å². The first-order chi connectivity index (χ1) is 14.3. The van der Waals surface area contributed by atoms with Gasteiger partial charge in [0.15, 0.2) is 5.69 Å². The largest absolute Gasteiger partial charge is 0.506 e. The zero-order chi connectivity index (χ0) is 21.6. The topological polar surface area (TPSA) is 88.4 Å². The molecule has 11 heteroatoms. The minimum Gasteiger partial charge on any atom is -0.506 e. The molecule has 0 radical (unpaired) electrons. The van der Waals surface area contributed by atoms with Gasteiger partial charge >= 0.3 is 0 Å². The van der Waals surface area contributed by atoms with Crippen molar-refractivity contribution in [3.63, 3.8) is 0 Å². The molecule has 0 bridgehead atoms. The van der Waals surface area contributed by atoms with Crippen LogP contribution in [-0.2, 0) is 4.79 Å². The highest BCUT2D eigenvalue weighted by Crippen LogP contribution is 2.48. The SMILES string of the molecule is CSc1nnc2c(n1)O[C@H](c1c(Br)cc(Br)c(O)c1Br)N(C(C)=O)c1ccccc1-2. The van der Waals surface area contributed by atoms with E-state index in [0.29, 0.717) is 41.1 Å². The molecule has 1 aliphatic rings. The molecule has 2 heterocycles. The molecule has 0 aliphatic carbocycles. The lowest BCUT2D eigenvalue weighted by Gasteiger charge is -2.31. The van der Waals surface area contributed by atoms with Crippen LogP contribution < -0.4 is 9.64 Å². The van der Waals surface area contributed by atoms with Crippen molar-refractivity contribution in [2.24, 2.45) is 0 Å². The van der Waals surface area contributed by atoms with Gasteiger partial charge in [-0.2, -0.15) is 4.98 Å². The minimum absolute atomic E-state index is 0.0105. The van der Waals surface area contributed by atoms with Crippen molar-refractivity contribution < 1.29 is 14.6 Å². The van der Waals surface area contributed by atoms with Gasteiger partial charge in [0.25, 0.3) is 0 Å². The highest BCUT2D eigenvalue weighted by Gasteiger charge is 2.37. The lowest BCUT2D eigenvalue weighted by molar-refractivity contribution is -0.118. The molecule has 1 amide bonds. The fourth-order valence-corrected chi connectivity index (χ4v) is 5.96. The van der Waals surface area contributed by atoms with Crippen LogP contribution in [0.4, 0.5) is 5.69 Å². The Morgan fingerprint density at radius 3 is 2.63 bits per heavy atom. The van der Waals surface area contributed by atoms with Gasteiger partial charge in [0.05, 0.1) is 14.6 Å². The zero-order valence-corrected chi connectivity index (χ0v) is 21.1. The highest BCUT2D eigenvalue weighted by atomic mass is 79.9. The molecule has 1 atom stereocenters. The number of aromatic hydroxyl groups is 1. The van der Waals surface area contributed by atoms with Crippen LogP contribution in [0.5, 0.6) is 11.6 Å². The van der Waals surface area contributed by atoms with Gasteiger partial charge in [-0.1, -0.05) is 45.9 Å². The molecule has 0 fully saturated rings. The Morgan fingerprint density at radius 2 is 1.93 bits per heavy atom. The molecule has 0 saturated carbocycles. The van der Waals surface area contributed by atoms with Gasteiger partial charge in [-0.25, -0.2) is 0 Å². The molecule has 3 aromatic rings. The Morgan fingerprint density at radius 1 is 1.20 bits per heavy atom. The molecular formula is C19H13Br3N4O3S. The minimum atomic E-state index is -0.931. The normalized spacial score (nSPS) is 15.1. The van der Waals surface area contributed by atoms with Gasteiger partial charge in [-0.3, -0.25) is 9.69 Å². The predicted molar refractivity (Wildman–Crippen MR) is 125 cm³/mol. The Hall–Kier alpha value is -1.69. The smallest absolute Gasteiger partial charge is 0.247 e. The number of hydrogen-bond donors (Lipinski definition) is 1. The Kier molecular flexibility index (Phi) is 6.06. The lowest BCUT2D eigenvalue weighted by Crippen LogP contribution is -2.36. The third-order valence-electron chi connectivity index (χ3n) is 4.46. The summed E-state index contributed by atoms with van der Waals surface area (Å²) < 4.78 is 7.79. The number of amides is 1. The number of carbonyl (C=O) groups is 1. The van der Waals surface area contributed by atoms with Crippen molar-refractivity contribution in [3.8, 4) is 22.9 Å². The van der Waals surface area contributed by atoms with Crippen molar-refractivity contribution in [3.05, 3.63) is 49.3 Å². The van der Waals surface area contributed by atoms with Gasteiger partial charge in [-0.05, 0) is 50.2 Å². The second kappa shape index (κ2) is 8.45. The number of phenols is 1. The van der Waals surface area contributed by atoms with Gasteiger partial charge in [0, 0.05) is 22.5 Å². The summed E-state index contributed by atoms with van der Waals surface area (Å²) in [5.41, 5.74) is 2.23. The third-order valence-corrected chi connectivity index (χ3v) is 7.06. The summed E-state index contributed by atoms with van der Waals surface area (Å²) in [6.07, 6.45) is 0.909.